The van der Waals surface area contributed by atoms with E-state index in [-0.39, 0.29) is 17.2 Å². The normalized spacial score (nSPS) is 10.3. The van der Waals surface area contributed by atoms with Gasteiger partial charge in [0.25, 0.3) is 4.73 Å². The van der Waals surface area contributed by atoms with E-state index in [0.717, 1.165) is 4.68 Å². The first-order valence-electron chi connectivity index (χ1n) is 6.27. The fourth-order valence-electron chi connectivity index (χ4n) is 1.63. The van der Waals surface area contributed by atoms with Crippen molar-refractivity contribution in [2.45, 2.75) is 13.5 Å². The molecule has 0 radical (unpaired) electrons. The van der Waals surface area contributed by atoms with Gasteiger partial charge in [0, 0.05) is 26.7 Å². The number of nitrogens with zero attached hydrogens (tertiary/aromatic N) is 4. The molecule has 0 aliphatic rings. The minimum Gasteiger partial charge on any atom is -0.494 e. The quantitative estimate of drug-likeness (QED) is 0.615. The SMILES string of the molecule is CCOc1ccc(NC(=O)Cn2nc([N+](=O)[O-])nc2Br)cc1. The van der Waals surface area contributed by atoms with Crippen LogP contribution in [0.15, 0.2) is 29.0 Å². The summed E-state index contributed by atoms with van der Waals surface area (Å²) in [6.07, 6.45) is 0. The first-order chi connectivity index (χ1) is 10.5. The highest BCUT2D eigenvalue weighted by atomic mass is 79.9. The molecule has 0 unspecified atom stereocenters. The third-order valence-corrected chi connectivity index (χ3v) is 3.11. The Bertz CT molecular complexity index is 685. The fraction of sp³-hybridized carbons (Fsp3) is 0.250. The summed E-state index contributed by atoms with van der Waals surface area (Å²) in [6.45, 7) is 2.24. The Morgan fingerprint density at radius 2 is 2.14 bits per heavy atom. The van der Waals surface area contributed by atoms with Crippen LogP contribution >= 0.6 is 15.9 Å². The molecule has 0 fully saturated rings. The number of hydrogen-bond acceptors (Lipinski definition) is 6. The van der Waals surface area contributed by atoms with Crippen LogP contribution in [-0.2, 0) is 11.3 Å². The van der Waals surface area contributed by atoms with Gasteiger partial charge in [-0.05, 0) is 41.1 Å². The average Bonchev–Trinajstić information content (AvgIpc) is 2.83. The van der Waals surface area contributed by atoms with Gasteiger partial charge in [0.1, 0.15) is 12.3 Å². The maximum absolute atomic E-state index is 11.9. The standard InChI is InChI=1S/C12H12BrN5O4/c1-2-22-9-5-3-8(4-6-9)14-10(19)7-17-11(13)15-12(16-17)18(20)21/h3-6H,2,7H2,1H3,(H,14,19). The van der Waals surface area contributed by atoms with E-state index in [2.05, 4.69) is 31.3 Å². The highest BCUT2D eigenvalue weighted by Gasteiger charge is 2.21. The number of benzene rings is 1. The van der Waals surface area contributed by atoms with E-state index in [4.69, 9.17) is 4.74 Å². The van der Waals surface area contributed by atoms with Crippen LogP contribution in [0.3, 0.4) is 0 Å². The lowest BCUT2D eigenvalue weighted by Gasteiger charge is -2.06. The summed E-state index contributed by atoms with van der Waals surface area (Å²) >= 11 is 3.01. The van der Waals surface area contributed by atoms with Crippen molar-refractivity contribution in [2.24, 2.45) is 0 Å². The lowest BCUT2D eigenvalue weighted by molar-refractivity contribution is -0.394. The largest absolute Gasteiger partial charge is 0.494 e. The molecule has 116 valence electrons. The van der Waals surface area contributed by atoms with Gasteiger partial charge in [-0.1, -0.05) is 0 Å². The highest BCUT2D eigenvalue weighted by Crippen LogP contribution is 2.16. The molecule has 9 nitrogen and oxygen atoms in total. The van der Waals surface area contributed by atoms with Gasteiger partial charge >= 0.3 is 5.95 Å². The minimum atomic E-state index is -0.731. The summed E-state index contributed by atoms with van der Waals surface area (Å²) in [5.41, 5.74) is 0.583. The van der Waals surface area contributed by atoms with Gasteiger partial charge in [0.2, 0.25) is 5.91 Å². The monoisotopic (exact) mass is 369 g/mol. The summed E-state index contributed by atoms with van der Waals surface area (Å²) in [5, 5.41) is 16.8. The summed E-state index contributed by atoms with van der Waals surface area (Å²) in [4.78, 5) is 25.3. The number of halogens is 1. The van der Waals surface area contributed by atoms with Crippen molar-refractivity contribution >= 4 is 33.5 Å². The second kappa shape index (κ2) is 6.98. The van der Waals surface area contributed by atoms with Crippen LogP contribution in [0.5, 0.6) is 5.75 Å². The number of rotatable bonds is 6. The third-order valence-electron chi connectivity index (χ3n) is 2.52. The maximum Gasteiger partial charge on any atom is 0.492 e. The first kappa shape index (κ1) is 15.9. The van der Waals surface area contributed by atoms with E-state index >= 15 is 0 Å². The zero-order chi connectivity index (χ0) is 16.1. The summed E-state index contributed by atoms with van der Waals surface area (Å²) in [5.74, 6) is -0.249. The number of aromatic nitrogens is 3. The van der Waals surface area contributed by atoms with Crippen molar-refractivity contribution in [1.82, 2.24) is 14.8 Å². The van der Waals surface area contributed by atoms with Gasteiger partial charge in [-0.15, -0.1) is 0 Å². The zero-order valence-electron chi connectivity index (χ0n) is 11.5. The van der Waals surface area contributed by atoms with Crippen LogP contribution in [0.4, 0.5) is 11.6 Å². The number of nitrogens with one attached hydrogen (secondary N) is 1. The van der Waals surface area contributed by atoms with E-state index in [1.54, 1.807) is 24.3 Å². The molecule has 0 aliphatic heterocycles. The van der Waals surface area contributed by atoms with Crippen LogP contribution in [-0.4, -0.2) is 32.2 Å². The van der Waals surface area contributed by atoms with Crippen molar-refractivity contribution in [3.63, 3.8) is 0 Å². The second-order valence-corrected chi connectivity index (χ2v) is 4.81. The number of ether oxygens (including phenoxy) is 1. The van der Waals surface area contributed by atoms with Crippen LogP contribution in [0, 0.1) is 10.1 Å². The molecule has 0 saturated carbocycles. The lowest BCUT2D eigenvalue weighted by Crippen LogP contribution is -2.19. The average molecular weight is 370 g/mol. The fourth-order valence-corrected chi connectivity index (χ4v) is 1.99. The molecule has 0 saturated heterocycles. The Morgan fingerprint density at radius 1 is 1.45 bits per heavy atom. The van der Waals surface area contributed by atoms with Gasteiger partial charge in [0.15, 0.2) is 0 Å². The molecule has 10 heteroatoms. The smallest absolute Gasteiger partial charge is 0.492 e. The number of hydrogen-bond donors (Lipinski definition) is 1. The number of carbonyl (C=O) groups excluding carboxylic acids is 1. The molecular weight excluding hydrogens is 358 g/mol. The lowest BCUT2D eigenvalue weighted by atomic mass is 10.3. The zero-order valence-corrected chi connectivity index (χ0v) is 13.1. The van der Waals surface area contributed by atoms with Crippen LogP contribution < -0.4 is 10.1 Å². The Balaban J connectivity index is 1.99. The predicted molar refractivity (Wildman–Crippen MR) is 80.6 cm³/mol. The van der Waals surface area contributed by atoms with Crippen molar-refractivity contribution in [3.05, 3.63) is 39.1 Å². The van der Waals surface area contributed by atoms with E-state index in [0.29, 0.717) is 18.0 Å². The summed E-state index contributed by atoms with van der Waals surface area (Å²) in [7, 11) is 0. The van der Waals surface area contributed by atoms with Gasteiger partial charge < -0.3 is 20.2 Å². The Labute approximate surface area is 133 Å². The summed E-state index contributed by atoms with van der Waals surface area (Å²) in [6, 6.07) is 6.86. The van der Waals surface area contributed by atoms with E-state index < -0.39 is 10.9 Å². The van der Waals surface area contributed by atoms with E-state index in [1.165, 1.54) is 0 Å². The summed E-state index contributed by atoms with van der Waals surface area (Å²) < 4.78 is 6.51. The molecule has 22 heavy (non-hydrogen) atoms. The van der Waals surface area contributed by atoms with Crippen molar-refractivity contribution < 1.29 is 14.5 Å². The number of carbonyl (C=O) groups is 1. The van der Waals surface area contributed by atoms with Crippen LogP contribution in [0.2, 0.25) is 0 Å². The third kappa shape index (κ3) is 4.01. The molecule has 1 amide bonds. The van der Waals surface area contributed by atoms with Gasteiger partial charge in [-0.25, -0.2) is 0 Å². The number of nitro groups is 1. The van der Waals surface area contributed by atoms with Crippen molar-refractivity contribution in [3.8, 4) is 5.75 Å². The topological polar surface area (TPSA) is 112 Å². The van der Waals surface area contributed by atoms with E-state index in [1.807, 2.05) is 6.92 Å². The molecular formula is C12H12BrN5O4. The highest BCUT2D eigenvalue weighted by molar-refractivity contribution is 9.10. The first-order valence-corrected chi connectivity index (χ1v) is 7.06. The molecule has 2 aromatic rings. The molecule has 0 bridgehead atoms. The molecule has 1 aromatic heterocycles. The molecule has 0 atom stereocenters. The number of amides is 1. The maximum atomic E-state index is 11.9. The molecule has 1 heterocycles. The molecule has 1 aromatic carbocycles. The Hall–Kier alpha value is -2.49. The van der Waals surface area contributed by atoms with Crippen LogP contribution in [0.1, 0.15) is 6.92 Å². The molecule has 1 N–H and O–H groups in total. The second-order valence-electron chi connectivity index (χ2n) is 4.10. The van der Waals surface area contributed by atoms with Crippen LogP contribution in [0.25, 0.3) is 0 Å². The Kier molecular flexibility index (Phi) is 5.04. The molecule has 0 spiro atoms. The molecule has 2 rings (SSSR count). The Morgan fingerprint density at radius 3 is 2.68 bits per heavy atom. The van der Waals surface area contributed by atoms with Crippen molar-refractivity contribution in [1.29, 1.82) is 0 Å². The van der Waals surface area contributed by atoms with Crippen molar-refractivity contribution in [2.75, 3.05) is 11.9 Å². The van der Waals surface area contributed by atoms with Gasteiger partial charge in [-0.3, -0.25) is 4.79 Å². The van der Waals surface area contributed by atoms with Gasteiger partial charge in [0.05, 0.1) is 6.61 Å². The van der Waals surface area contributed by atoms with E-state index in [9.17, 15) is 14.9 Å². The van der Waals surface area contributed by atoms with Gasteiger partial charge in [-0.2, -0.15) is 4.68 Å². The minimum absolute atomic E-state index is 0.112. The molecule has 0 aliphatic carbocycles. The predicted octanol–water partition coefficient (Wildman–Crippen LogP) is 1.99. The number of anilines is 1.